The monoisotopic (exact) mass is 279 g/mol. The van der Waals surface area contributed by atoms with Crippen LogP contribution in [0.5, 0.6) is 0 Å². The van der Waals surface area contributed by atoms with Gasteiger partial charge in [-0.05, 0) is 43.6 Å². The molecule has 0 bridgehead atoms. The van der Waals surface area contributed by atoms with E-state index in [1.807, 2.05) is 0 Å². The average Bonchev–Trinajstić information content (AvgIpc) is 2.34. The first-order valence-electron chi connectivity index (χ1n) is 8.43. The van der Waals surface area contributed by atoms with Crippen LogP contribution in [0.15, 0.2) is 16.1 Å². The molecule has 0 radical (unpaired) electrons. The van der Waals surface area contributed by atoms with Gasteiger partial charge in [-0.25, -0.2) is 0 Å². The topological polar surface area (TPSA) is 12.4 Å². The molecule has 0 aliphatic carbocycles. The molecule has 0 heterocycles. The van der Waals surface area contributed by atoms with E-state index in [4.69, 9.17) is 4.99 Å². The lowest BCUT2D eigenvalue weighted by molar-refractivity contribution is 0.458. The molecule has 0 aliphatic rings. The molecule has 1 heteroatoms. The Hall–Kier alpha value is -0.590. The van der Waals surface area contributed by atoms with Gasteiger partial charge in [0.1, 0.15) is 0 Å². The molecule has 118 valence electrons. The maximum absolute atomic E-state index is 4.87. The van der Waals surface area contributed by atoms with Crippen molar-refractivity contribution < 1.29 is 0 Å². The van der Waals surface area contributed by atoms with Crippen LogP contribution in [-0.2, 0) is 0 Å². The molecule has 0 aliphatic heterocycles. The summed E-state index contributed by atoms with van der Waals surface area (Å²) >= 11 is 0. The molecule has 0 fully saturated rings. The lowest BCUT2D eigenvalue weighted by Gasteiger charge is -2.22. The minimum absolute atomic E-state index is 0.192. The fourth-order valence-electron chi connectivity index (χ4n) is 2.54. The summed E-state index contributed by atoms with van der Waals surface area (Å²) in [6, 6.07) is 0.496. The summed E-state index contributed by atoms with van der Waals surface area (Å²) in [7, 11) is 0. The summed E-state index contributed by atoms with van der Waals surface area (Å²) in [5.74, 6) is 0.861. The molecule has 1 nitrogen and oxygen atoms in total. The summed E-state index contributed by atoms with van der Waals surface area (Å²) < 4.78 is 0. The predicted molar refractivity (Wildman–Crippen MR) is 93.7 cm³/mol. The lowest BCUT2D eigenvalue weighted by Crippen LogP contribution is -2.14. The Bertz CT molecular complexity index is 313. The first kappa shape index (κ1) is 19.4. The van der Waals surface area contributed by atoms with Crippen LogP contribution in [0.3, 0.4) is 0 Å². The standard InChI is InChI=1S/C19H37N/c1-9-16(5)12-11-13-17(10-2)20-14-18(15(3)4)19(6,7)8/h14,16-17H,9-13H2,1-8H3. The molecule has 0 saturated heterocycles. The van der Waals surface area contributed by atoms with Gasteiger partial charge in [0.05, 0.1) is 0 Å². The molecule has 2 atom stereocenters. The lowest BCUT2D eigenvalue weighted by atomic mass is 9.84. The van der Waals surface area contributed by atoms with Gasteiger partial charge in [0.15, 0.2) is 0 Å². The van der Waals surface area contributed by atoms with Crippen molar-refractivity contribution in [3.63, 3.8) is 0 Å². The number of hydrogen-bond donors (Lipinski definition) is 0. The van der Waals surface area contributed by atoms with E-state index >= 15 is 0 Å². The van der Waals surface area contributed by atoms with Crippen LogP contribution >= 0.6 is 0 Å². The summed E-state index contributed by atoms with van der Waals surface area (Å²) in [6.45, 7) is 18.1. The van der Waals surface area contributed by atoms with Crippen molar-refractivity contribution in [1.29, 1.82) is 0 Å². The second-order valence-corrected chi connectivity index (χ2v) is 7.45. The van der Waals surface area contributed by atoms with Crippen LogP contribution in [0.25, 0.3) is 0 Å². The smallest absolute Gasteiger partial charge is 0.0497 e. The number of rotatable bonds is 8. The Morgan fingerprint density at radius 3 is 2.05 bits per heavy atom. The molecular weight excluding hydrogens is 242 g/mol. The van der Waals surface area contributed by atoms with Crippen molar-refractivity contribution in [2.45, 2.75) is 93.5 Å². The van der Waals surface area contributed by atoms with Gasteiger partial charge in [-0.2, -0.15) is 0 Å². The molecule has 0 N–H and O–H groups in total. The predicted octanol–water partition coefficient (Wildman–Crippen LogP) is 6.43. The van der Waals surface area contributed by atoms with Crippen molar-refractivity contribution in [2.75, 3.05) is 0 Å². The van der Waals surface area contributed by atoms with E-state index in [2.05, 4.69) is 61.6 Å². The molecule has 20 heavy (non-hydrogen) atoms. The van der Waals surface area contributed by atoms with Gasteiger partial charge < -0.3 is 0 Å². The average molecular weight is 280 g/mol. The summed E-state index contributed by atoms with van der Waals surface area (Å²) in [6.07, 6.45) is 8.48. The van der Waals surface area contributed by atoms with Gasteiger partial charge in [-0.3, -0.25) is 4.99 Å². The molecule has 0 rings (SSSR count). The zero-order chi connectivity index (χ0) is 15.8. The Morgan fingerprint density at radius 2 is 1.65 bits per heavy atom. The number of hydrogen-bond acceptors (Lipinski definition) is 1. The molecule has 0 aromatic rings. The highest BCUT2D eigenvalue weighted by Crippen LogP contribution is 2.27. The largest absolute Gasteiger partial charge is 0.290 e. The van der Waals surface area contributed by atoms with E-state index in [1.165, 1.54) is 36.8 Å². The van der Waals surface area contributed by atoms with Crippen molar-refractivity contribution in [2.24, 2.45) is 16.3 Å². The summed E-state index contributed by atoms with van der Waals surface area (Å²) in [5, 5.41) is 0. The third kappa shape index (κ3) is 7.87. The van der Waals surface area contributed by atoms with Crippen molar-refractivity contribution in [1.82, 2.24) is 0 Å². The van der Waals surface area contributed by atoms with Crippen LogP contribution in [0.4, 0.5) is 0 Å². The quantitative estimate of drug-likeness (QED) is 0.454. The zero-order valence-corrected chi connectivity index (χ0v) is 15.2. The molecule has 0 aromatic carbocycles. The zero-order valence-electron chi connectivity index (χ0n) is 15.2. The van der Waals surface area contributed by atoms with Crippen LogP contribution in [0, 0.1) is 11.3 Å². The Labute approximate surface area is 128 Å². The fourth-order valence-corrected chi connectivity index (χ4v) is 2.54. The molecular formula is C19H37N. The van der Waals surface area contributed by atoms with Crippen LogP contribution in [0.2, 0.25) is 0 Å². The third-order valence-electron chi connectivity index (χ3n) is 4.16. The SMILES string of the molecule is CCC(C)CCCC(CC)N=CC(=C(C)C)C(C)(C)C. The van der Waals surface area contributed by atoms with Gasteiger partial charge in [0.25, 0.3) is 0 Å². The van der Waals surface area contributed by atoms with Crippen LogP contribution in [0.1, 0.15) is 87.5 Å². The van der Waals surface area contributed by atoms with Gasteiger partial charge >= 0.3 is 0 Å². The Balaban J connectivity index is 4.55. The van der Waals surface area contributed by atoms with E-state index in [0.29, 0.717) is 6.04 Å². The maximum atomic E-state index is 4.87. The van der Waals surface area contributed by atoms with Gasteiger partial charge in [-0.15, -0.1) is 0 Å². The highest BCUT2D eigenvalue weighted by molar-refractivity contribution is 5.81. The van der Waals surface area contributed by atoms with E-state index in [-0.39, 0.29) is 5.41 Å². The van der Waals surface area contributed by atoms with E-state index < -0.39 is 0 Å². The summed E-state index contributed by atoms with van der Waals surface area (Å²) in [4.78, 5) is 4.87. The highest BCUT2D eigenvalue weighted by atomic mass is 14.8. The second-order valence-electron chi connectivity index (χ2n) is 7.45. The Kier molecular flexibility index (Phi) is 9.09. The van der Waals surface area contributed by atoms with Crippen molar-refractivity contribution in [3.8, 4) is 0 Å². The molecule has 0 spiro atoms. The maximum Gasteiger partial charge on any atom is 0.0497 e. The fraction of sp³-hybridized carbons (Fsp3) is 0.842. The molecule has 0 aromatic heterocycles. The van der Waals surface area contributed by atoms with Gasteiger partial charge in [0, 0.05) is 12.3 Å². The minimum Gasteiger partial charge on any atom is -0.290 e. The number of nitrogens with zero attached hydrogens (tertiary/aromatic N) is 1. The normalized spacial score (nSPS) is 15.4. The van der Waals surface area contributed by atoms with E-state index in [9.17, 15) is 0 Å². The number of aliphatic imine (C=N–C) groups is 1. The number of allylic oxidation sites excluding steroid dienone is 2. The molecule has 0 amide bonds. The third-order valence-corrected chi connectivity index (χ3v) is 4.16. The van der Waals surface area contributed by atoms with Gasteiger partial charge in [0.2, 0.25) is 0 Å². The highest BCUT2D eigenvalue weighted by Gasteiger charge is 2.17. The van der Waals surface area contributed by atoms with E-state index in [0.717, 1.165) is 12.3 Å². The first-order valence-corrected chi connectivity index (χ1v) is 8.43. The molecule has 2 unspecified atom stereocenters. The van der Waals surface area contributed by atoms with Gasteiger partial charge in [-0.1, -0.05) is 66.4 Å². The summed E-state index contributed by atoms with van der Waals surface area (Å²) in [5.41, 5.74) is 2.96. The molecule has 0 saturated carbocycles. The van der Waals surface area contributed by atoms with Crippen LogP contribution in [-0.4, -0.2) is 12.3 Å². The second kappa shape index (κ2) is 9.37. The van der Waals surface area contributed by atoms with Crippen molar-refractivity contribution >= 4 is 6.21 Å². The van der Waals surface area contributed by atoms with E-state index in [1.54, 1.807) is 0 Å². The first-order chi connectivity index (χ1) is 9.22. The minimum atomic E-state index is 0.192. The van der Waals surface area contributed by atoms with Crippen LogP contribution < -0.4 is 0 Å². The van der Waals surface area contributed by atoms with Crippen molar-refractivity contribution in [3.05, 3.63) is 11.1 Å². The Morgan fingerprint density at radius 1 is 1.05 bits per heavy atom.